The third kappa shape index (κ3) is 4.18. The van der Waals surface area contributed by atoms with Crippen LogP contribution in [0.1, 0.15) is 25.2 Å². The fourth-order valence-corrected chi connectivity index (χ4v) is 3.15. The van der Waals surface area contributed by atoms with Crippen LogP contribution in [0, 0.1) is 5.92 Å². The van der Waals surface area contributed by atoms with Gasteiger partial charge in [-0.1, -0.05) is 37.6 Å². The van der Waals surface area contributed by atoms with E-state index in [2.05, 4.69) is 10.2 Å². The molecular weight excluding hydrogens is 333 g/mol. The molecule has 0 fully saturated rings. The Kier molecular flexibility index (Phi) is 4.91. The van der Waals surface area contributed by atoms with Crippen molar-refractivity contribution >= 4 is 31.3 Å². The predicted molar refractivity (Wildman–Crippen MR) is 82.2 cm³/mol. The van der Waals surface area contributed by atoms with Crippen LogP contribution in [0.4, 0.5) is 0 Å². The molecule has 0 spiro atoms. The summed E-state index contributed by atoms with van der Waals surface area (Å²) in [5, 5.41) is 8.09. The van der Waals surface area contributed by atoms with E-state index in [0.29, 0.717) is 23.8 Å². The standard InChI is InChI=1S/C13H15Cl2N3O2S/c1-9(2)8-18-12(16-17-13(18)21(15,19)20)7-10-4-3-5-11(14)6-10/h3-6,9H,7-8H2,1-2H3. The van der Waals surface area contributed by atoms with E-state index < -0.39 is 9.05 Å². The lowest BCUT2D eigenvalue weighted by Crippen LogP contribution is -2.13. The number of halogens is 2. The number of hydrogen-bond acceptors (Lipinski definition) is 4. The molecule has 0 saturated carbocycles. The number of hydrogen-bond donors (Lipinski definition) is 0. The molecule has 0 unspecified atom stereocenters. The molecule has 0 N–H and O–H groups in total. The van der Waals surface area contributed by atoms with Crippen LogP contribution < -0.4 is 0 Å². The molecule has 0 aliphatic heterocycles. The maximum Gasteiger partial charge on any atom is 0.296 e. The van der Waals surface area contributed by atoms with Crippen molar-refractivity contribution in [3.63, 3.8) is 0 Å². The Morgan fingerprint density at radius 2 is 2.00 bits per heavy atom. The second-order valence-electron chi connectivity index (χ2n) is 5.15. The van der Waals surface area contributed by atoms with Crippen LogP contribution >= 0.6 is 22.3 Å². The fraction of sp³-hybridized carbons (Fsp3) is 0.385. The van der Waals surface area contributed by atoms with Gasteiger partial charge in [-0.2, -0.15) is 0 Å². The third-order valence-corrected chi connectivity index (χ3v) is 4.20. The summed E-state index contributed by atoms with van der Waals surface area (Å²) < 4.78 is 24.7. The van der Waals surface area contributed by atoms with E-state index in [1.165, 1.54) is 0 Å². The summed E-state index contributed by atoms with van der Waals surface area (Å²) in [4.78, 5) is 0. The number of benzene rings is 1. The van der Waals surface area contributed by atoms with E-state index in [-0.39, 0.29) is 11.1 Å². The second kappa shape index (κ2) is 6.34. The zero-order chi connectivity index (χ0) is 15.6. The van der Waals surface area contributed by atoms with Crippen LogP contribution in [0.25, 0.3) is 0 Å². The van der Waals surface area contributed by atoms with Gasteiger partial charge in [0.15, 0.2) is 0 Å². The minimum absolute atomic E-state index is 0.213. The molecule has 0 amide bonds. The van der Waals surface area contributed by atoms with Crippen LogP contribution in [0.2, 0.25) is 5.02 Å². The lowest BCUT2D eigenvalue weighted by Gasteiger charge is -2.11. The minimum atomic E-state index is -3.92. The fourth-order valence-electron chi connectivity index (χ4n) is 2.01. The highest BCUT2D eigenvalue weighted by molar-refractivity contribution is 8.13. The largest absolute Gasteiger partial charge is 0.300 e. The quantitative estimate of drug-likeness (QED) is 0.779. The average Bonchev–Trinajstić information content (AvgIpc) is 2.71. The molecule has 0 atom stereocenters. The molecule has 2 aromatic rings. The van der Waals surface area contributed by atoms with Crippen molar-refractivity contribution in [2.45, 2.75) is 32.0 Å². The summed E-state index contributed by atoms with van der Waals surface area (Å²) in [6.07, 6.45) is 0.437. The molecular formula is C13H15Cl2N3O2S. The average molecular weight is 348 g/mol. The van der Waals surface area contributed by atoms with E-state index in [0.717, 1.165) is 5.56 Å². The van der Waals surface area contributed by atoms with Crippen LogP contribution in [-0.4, -0.2) is 23.2 Å². The van der Waals surface area contributed by atoms with Gasteiger partial charge >= 0.3 is 0 Å². The molecule has 0 radical (unpaired) electrons. The summed E-state index contributed by atoms with van der Waals surface area (Å²) >= 11 is 5.95. The van der Waals surface area contributed by atoms with Gasteiger partial charge in [-0.05, 0) is 23.6 Å². The maximum absolute atomic E-state index is 11.6. The lowest BCUT2D eigenvalue weighted by atomic mass is 10.1. The molecule has 0 aliphatic rings. The topological polar surface area (TPSA) is 64.8 Å². The first-order valence-electron chi connectivity index (χ1n) is 6.38. The molecule has 1 aromatic carbocycles. The minimum Gasteiger partial charge on any atom is -0.300 e. The maximum atomic E-state index is 11.6. The van der Waals surface area contributed by atoms with Crippen LogP contribution in [0.3, 0.4) is 0 Å². The first-order chi connectivity index (χ1) is 9.77. The smallest absolute Gasteiger partial charge is 0.296 e. The van der Waals surface area contributed by atoms with Gasteiger partial charge in [0.1, 0.15) is 5.82 Å². The third-order valence-electron chi connectivity index (χ3n) is 2.81. The second-order valence-corrected chi connectivity index (χ2v) is 8.04. The number of rotatable bonds is 5. The Labute approximate surface area is 133 Å². The number of aromatic nitrogens is 3. The summed E-state index contributed by atoms with van der Waals surface area (Å²) in [7, 11) is 1.49. The van der Waals surface area contributed by atoms with Gasteiger partial charge in [-0.3, -0.25) is 0 Å². The van der Waals surface area contributed by atoms with Crippen molar-refractivity contribution in [3.8, 4) is 0 Å². The van der Waals surface area contributed by atoms with Crippen molar-refractivity contribution in [2.75, 3.05) is 0 Å². The molecule has 0 saturated heterocycles. The Balaban J connectivity index is 2.42. The first kappa shape index (κ1) is 16.3. The summed E-state index contributed by atoms with van der Waals surface area (Å²) in [5.74, 6) is 0.779. The van der Waals surface area contributed by atoms with Gasteiger partial charge in [0.25, 0.3) is 14.2 Å². The van der Waals surface area contributed by atoms with Crippen LogP contribution in [-0.2, 0) is 22.0 Å². The van der Waals surface area contributed by atoms with Gasteiger partial charge in [0, 0.05) is 28.7 Å². The molecule has 0 bridgehead atoms. The predicted octanol–water partition coefficient (Wildman–Crippen LogP) is 3.11. The van der Waals surface area contributed by atoms with E-state index in [9.17, 15) is 8.42 Å². The Morgan fingerprint density at radius 1 is 1.29 bits per heavy atom. The van der Waals surface area contributed by atoms with Gasteiger partial charge in [-0.25, -0.2) is 8.42 Å². The monoisotopic (exact) mass is 347 g/mol. The van der Waals surface area contributed by atoms with Gasteiger partial charge in [0.05, 0.1) is 0 Å². The Bertz CT molecular complexity index is 742. The first-order valence-corrected chi connectivity index (χ1v) is 9.07. The van der Waals surface area contributed by atoms with Crippen molar-refractivity contribution in [3.05, 3.63) is 40.7 Å². The zero-order valence-corrected chi connectivity index (χ0v) is 14.0. The molecule has 0 aliphatic carbocycles. The van der Waals surface area contributed by atoms with Gasteiger partial charge in [-0.15, -0.1) is 10.2 Å². The van der Waals surface area contributed by atoms with Crippen LogP contribution in [0.5, 0.6) is 0 Å². The van der Waals surface area contributed by atoms with E-state index in [4.69, 9.17) is 22.3 Å². The van der Waals surface area contributed by atoms with Crippen molar-refractivity contribution < 1.29 is 8.42 Å². The van der Waals surface area contributed by atoms with Crippen molar-refractivity contribution in [1.82, 2.24) is 14.8 Å². The van der Waals surface area contributed by atoms with Gasteiger partial charge in [0.2, 0.25) is 0 Å². The van der Waals surface area contributed by atoms with Crippen molar-refractivity contribution in [2.24, 2.45) is 5.92 Å². The lowest BCUT2D eigenvalue weighted by molar-refractivity contribution is 0.474. The highest BCUT2D eigenvalue weighted by Crippen LogP contribution is 2.19. The molecule has 1 heterocycles. The summed E-state index contributed by atoms with van der Waals surface area (Å²) in [6, 6.07) is 7.32. The molecule has 8 heteroatoms. The van der Waals surface area contributed by atoms with E-state index >= 15 is 0 Å². The highest BCUT2D eigenvalue weighted by atomic mass is 35.7. The molecule has 114 valence electrons. The molecule has 2 rings (SSSR count). The number of nitrogens with zero attached hydrogens (tertiary/aromatic N) is 3. The van der Waals surface area contributed by atoms with E-state index in [1.807, 2.05) is 32.0 Å². The highest BCUT2D eigenvalue weighted by Gasteiger charge is 2.23. The Morgan fingerprint density at radius 3 is 2.57 bits per heavy atom. The summed E-state index contributed by atoms with van der Waals surface area (Å²) in [6.45, 7) is 4.44. The van der Waals surface area contributed by atoms with Gasteiger partial charge < -0.3 is 4.57 Å². The summed E-state index contributed by atoms with van der Waals surface area (Å²) in [5.41, 5.74) is 0.929. The molecule has 21 heavy (non-hydrogen) atoms. The van der Waals surface area contributed by atoms with E-state index in [1.54, 1.807) is 10.6 Å². The van der Waals surface area contributed by atoms with Crippen LogP contribution in [0.15, 0.2) is 29.4 Å². The molecule has 5 nitrogen and oxygen atoms in total. The normalized spacial score (nSPS) is 12.0. The molecule has 1 aromatic heterocycles. The zero-order valence-electron chi connectivity index (χ0n) is 11.6. The van der Waals surface area contributed by atoms with Crippen molar-refractivity contribution in [1.29, 1.82) is 0 Å². The Hall–Kier alpha value is -1.11. The SMILES string of the molecule is CC(C)Cn1c(Cc2cccc(Cl)c2)nnc1S(=O)(=O)Cl.